The summed E-state index contributed by atoms with van der Waals surface area (Å²) in [5.41, 5.74) is 2.37. The highest BCUT2D eigenvalue weighted by Crippen LogP contribution is 2.27. The van der Waals surface area contributed by atoms with Crippen molar-refractivity contribution >= 4 is 11.8 Å². The maximum atomic E-state index is 4.31. The molecule has 0 N–H and O–H groups in total. The van der Waals surface area contributed by atoms with Crippen LogP contribution in [0.2, 0.25) is 0 Å². The predicted octanol–water partition coefficient (Wildman–Crippen LogP) is 4.31. The van der Waals surface area contributed by atoms with E-state index in [1.165, 1.54) is 31.2 Å². The third kappa shape index (κ3) is 4.10. The summed E-state index contributed by atoms with van der Waals surface area (Å²) in [6, 6.07) is 10.5. The number of aromatic nitrogens is 3. The minimum atomic E-state index is 0.216. The molecule has 0 saturated carbocycles. The first-order valence-electron chi connectivity index (χ1n) is 7.33. The monoisotopic (exact) mass is 289 g/mol. The lowest BCUT2D eigenvalue weighted by Crippen LogP contribution is -2.07. The van der Waals surface area contributed by atoms with E-state index in [0.29, 0.717) is 0 Å². The zero-order chi connectivity index (χ0) is 14.2. The van der Waals surface area contributed by atoms with Crippen LogP contribution in [0.3, 0.4) is 0 Å². The molecule has 3 nitrogen and oxygen atoms in total. The number of thioether (sulfide) groups is 1. The van der Waals surface area contributed by atoms with Gasteiger partial charge in [0, 0.05) is 0 Å². The summed E-state index contributed by atoms with van der Waals surface area (Å²) in [7, 11) is 0. The minimum Gasteiger partial charge on any atom is -0.235 e. The highest BCUT2D eigenvalue weighted by molar-refractivity contribution is 7.98. The van der Waals surface area contributed by atoms with Crippen molar-refractivity contribution in [2.75, 3.05) is 6.26 Å². The van der Waals surface area contributed by atoms with Crippen LogP contribution in [-0.2, 0) is 6.42 Å². The molecule has 1 aromatic carbocycles. The van der Waals surface area contributed by atoms with Gasteiger partial charge in [-0.05, 0) is 24.7 Å². The van der Waals surface area contributed by atoms with E-state index in [9.17, 15) is 0 Å². The molecule has 2 rings (SSSR count). The maximum Gasteiger partial charge on any atom is 0.124 e. The summed E-state index contributed by atoms with van der Waals surface area (Å²) in [5, 5.41) is 8.83. The van der Waals surface area contributed by atoms with Crippen LogP contribution in [0.15, 0.2) is 36.5 Å². The van der Waals surface area contributed by atoms with Gasteiger partial charge in [0.2, 0.25) is 0 Å². The second kappa shape index (κ2) is 8.10. The summed E-state index contributed by atoms with van der Waals surface area (Å²) >= 11 is 1.78. The zero-order valence-electron chi connectivity index (χ0n) is 12.3. The molecular weight excluding hydrogens is 266 g/mol. The molecule has 2 aromatic rings. The fraction of sp³-hybridized carbons (Fsp3) is 0.500. The van der Waals surface area contributed by atoms with Gasteiger partial charge in [0.25, 0.3) is 0 Å². The molecule has 0 saturated heterocycles. The van der Waals surface area contributed by atoms with Crippen LogP contribution in [-0.4, -0.2) is 21.2 Å². The van der Waals surface area contributed by atoms with Crippen molar-refractivity contribution in [1.29, 1.82) is 0 Å². The van der Waals surface area contributed by atoms with E-state index in [4.69, 9.17) is 0 Å². The van der Waals surface area contributed by atoms with Crippen LogP contribution in [0, 0.1) is 0 Å². The molecule has 0 bridgehead atoms. The smallest absolute Gasteiger partial charge is 0.124 e. The fourth-order valence-electron chi connectivity index (χ4n) is 2.29. The number of unbranched alkanes of at least 4 members (excludes halogenated alkanes) is 3. The molecule has 1 atom stereocenters. The Morgan fingerprint density at radius 1 is 1.15 bits per heavy atom. The van der Waals surface area contributed by atoms with E-state index in [1.807, 2.05) is 10.7 Å². The van der Waals surface area contributed by atoms with Gasteiger partial charge in [0.15, 0.2) is 0 Å². The molecule has 1 aromatic heterocycles. The standard InChI is InChI=1S/C16H23N3S/c1-3-4-5-9-12-15-13-19(18-17-15)16(20-2)14-10-7-6-8-11-14/h6-8,10-11,13,16H,3-5,9,12H2,1-2H3. The summed E-state index contributed by atoms with van der Waals surface area (Å²) in [6.07, 6.45) is 10.3. The van der Waals surface area contributed by atoms with Gasteiger partial charge in [-0.1, -0.05) is 61.7 Å². The topological polar surface area (TPSA) is 30.7 Å². The van der Waals surface area contributed by atoms with Crippen LogP contribution in [0.25, 0.3) is 0 Å². The summed E-state index contributed by atoms with van der Waals surface area (Å²) in [6.45, 7) is 2.24. The summed E-state index contributed by atoms with van der Waals surface area (Å²) in [5.74, 6) is 0. The molecule has 0 radical (unpaired) electrons. The highest BCUT2D eigenvalue weighted by Gasteiger charge is 2.13. The van der Waals surface area contributed by atoms with Crippen LogP contribution in [0.4, 0.5) is 0 Å². The number of hydrogen-bond donors (Lipinski definition) is 0. The quantitative estimate of drug-likeness (QED) is 0.678. The molecule has 0 aliphatic rings. The average molecular weight is 289 g/mol. The van der Waals surface area contributed by atoms with E-state index >= 15 is 0 Å². The van der Waals surface area contributed by atoms with Crippen LogP contribution in [0.1, 0.15) is 49.2 Å². The van der Waals surface area contributed by atoms with Crippen LogP contribution >= 0.6 is 11.8 Å². The first kappa shape index (κ1) is 15.1. The number of benzene rings is 1. The molecule has 0 aliphatic heterocycles. The van der Waals surface area contributed by atoms with Crippen molar-refractivity contribution in [1.82, 2.24) is 15.0 Å². The van der Waals surface area contributed by atoms with Crippen molar-refractivity contribution in [3.63, 3.8) is 0 Å². The lowest BCUT2D eigenvalue weighted by Gasteiger charge is -2.14. The van der Waals surface area contributed by atoms with E-state index in [0.717, 1.165) is 12.1 Å². The Hall–Kier alpha value is -1.29. The molecular formula is C16H23N3S. The average Bonchev–Trinajstić information content (AvgIpc) is 2.94. The third-order valence-electron chi connectivity index (χ3n) is 3.39. The number of rotatable bonds is 8. The maximum absolute atomic E-state index is 4.31. The Morgan fingerprint density at radius 2 is 1.95 bits per heavy atom. The molecule has 0 amide bonds. The molecule has 20 heavy (non-hydrogen) atoms. The molecule has 4 heteroatoms. The van der Waals surface area contributed by atoms with Gasteiger partial charge in [-0.3, -0.25) is 0 Å². The largest absolute Gasteiger partial charge is 0.235 e. The van der Waals surface area contributed by atoms with Gasteiger partial charge in [-0.2, -0.15) is 0 Å². The van der Waals surface area contributed by atoms with Crippen molar-refractivity contribution in [3.8, 4) is 0 Å². The Morgan fingerprint density at radius 3 is 2.65 bits per heavy atom. The van der Waals surface area contributed by atoms with Gasteiger partial charge in [0.05, 0.1) is 11.9 Å². The van der Waals surface area contributed by atoms with Gasteiger partial charge < -0.3 is 0 Å². The summed E-state index contributed by atoms with van der Waals surface area (Å²) < 4.78 is 1.98. The van der Waals surface area contributed by atoms with Crippen molar-refractivity contribution in [2.24, 2.45) is 0 Å². The second-order valence-electron chi connectivity index (χ2n) is 5.00. The normalized spacial score (nSPS) is 12.5. The minimum absolute atomic E-state index is 0.216. The van der Waals surface area contributed by atoms with E-state index in [2.05, 4.69) is 54.0 Å². The van der Waals surface area contributed by atoms with Crippen LogP contribution in [0.5, 0.6) is 0 Å². The third-order valence-corrected chi connectivity index (χ3v) is 4.33. The van der Waals surface area contributed by atoms with Gasteiger partial charge in [-0.15, -0.1) is 16.9 Å². The molecule has 0 aliphatic carbocycles. The lowest BCUT2D eigenvalue weighted by atomic mass is 10.1. The fourth-order valence-corrected chi connectivity index (χ4v) is 3.04. The second-order valence-corrected chi connectivity index (χ2v) is 5.92. The highest BCUT2D eigenvalue weighted by atomic mass is 32.2. The number of nitrogens with zero attached hydrogens (tertiary/aromatic N) is 3. The predicted molar refractivity (Wildman–Crippen MR) is 86.0 cm³/mol. The Kier molecular flexibility index (Phi) is 6.12. The first-order chi connectivity index (χ1) is 9.85. The Labute approximate surface area is 125 Å². The molecule has 1 heterocycles. The first-order valence-corrected chi connectivity index (χ1v) is 8.62. The van der Waals surface area contributed by atoms with Crippen molar-refractivity contribution < 1.29 is 0 Å². The van der Waals surface area contributed by atoms with E-state index in [-0.39, 0.29) is 5.37 Å². The van der Waals surface area contributed by atoms with E-state index in [1.54, 1.807) is 11.8 Å². The van der Waals surface area contributed by atoms with Gasteiger partial charge >= 0.3 is 0 Å². The molecule has 0 spiro atoms. The Bertz CT molecular complexity index is 495. The van der Waals surface area contributed by atoms with Crippen LogP contribution < -0.4 is 0 Å². The van der Waals surface area contributed by atoms with Gasteiger partial charge in [-0.25, -0.2) is 4.68 Å². The van der Waals surface area contributed by atoms with E-state index < -0.39 is 0 Å². The van der Waals surface area contributed by atoms with Gasteiger partial charge in [0.1, 0.15) is 5.37 Å². The Balaban J connectivity index is 1.99. The summed E-state index contributed by atoms with van der Waals surface area (Å²) in [4.78, 5) is 0. The van der Waals surface area contributed by atoms with Crippen molar-refractivity contribution in [2.45, 2.75) is 44.4 Å². The molecule has 0 fully saturated rings. The number of aryl methyl sites for hydroxylation is 1. The molecule has 108 valence electrons. The number of hydrogen-bond acceptors (Lipinski definition) is 3. The lowest BCUT2D eigenvalue weighted by molar-refractivity contribution is 0.635. The van der Waals surface area contributed by atoms with Crippen molar-refractivity contribution in [3.05, 3.63) is 47.8 Å². The molecule has 1 unspecified atom stereocenters. The SMILES string of the molecule is CCCCCCc1cn(C(SC)c2ccccc2)nn1. The zero-order valence-corrected chi connectivity index (χ0v) is 13.1.